The Kier molecular flexibility index (Phi) is 2.85. The number of thiol groups is 1. The number of hydrogen-bond donors (Lipinski definition) is 2. The van der Waals surface area contributed by atoms with Gasteiger partial charge in [-0.05, 0) is 17.0 Å². The summed E-state index contributed by atoms with van der Waals surface area (Å²) in [6, 6.07) is 1.73. The Morgan fingerprint density at radius 3 is 2.43 bits per heavy atom. The highest BCUT2D eigenvalue weighted by atomic mass is 32.1. The van der Waals surface area contributed by atoms with Crippen molar-refractivity contribution in [3.8, 4) is 0 Å². The monoisotopic (exact) mass is 211 g/mol. The van der Waals surface area contributed by atoms with Crippen molar-refractivity contribution in [2.24, 2.45) is 0 Å². The van der Waals surface area contributed by atoms with Crippen molar-refractivity contribution in [1.29, 1.82) is 0 Å². The molecule has 3 nitrogen and oxygen atoms in total. The molecule has 1 rings (SSSR count). The molecule has 0 aliphatic rings. The SMILES string of the molecule is CC(C)(C)c1ccnc(S)c1C(=O)O. The van der Waals surface area contributed by atoms with Gasteiger partial charge in [0.2, 0.25) is 0 Å². The van der Waals surface area contributed by atoms with Crippen LogP contribution < -0.4 is 0 Å². The molecule has 0 saturated carbocycles. The van der Waals surface area contributed by atoms with Crippen LogP contribution in [0.25, 0.3) is 0 Å². The van der Waals surface area contributed by atoms with Crippen LogP contribution in [0.3, 0.4) is 0 Å². The standard InChI is InChI=1S/C10H13NO2S/c1-10(2,3)6-4-5-11-8(14)7(6)9(12)13/h4-5H,1-3H3,(H,11,14)(H,12,13). The van der Waals surface area contributed by atoms with Crippen LogP contribution in [0, 0.1) is 0 Å². The van der Waals surface area contributed by atoms with Crippen molar-refractivity contribution in [3.63, 3.8) is 0 Å². The lowest BCUT2D eigenvalue weighted by atomic mass is 9.85. The number of hydrogen-bond acceptors (Lipinski definition) is 3. The van der Waals surface area contributed by atoms with Gasteiger partial charge in [-0.25, -0.2) is 9.78 Å². The predicted molar refractivity (Wildman–Crippen MR) is 57.1 cm³/mol. The Labute approximate surface area is 88.6 Å². The molecule has 1 aromatic rings. The lowest BCUT2D eigenvalue weighted by molar-refractivity contribution is 0.0689. The van der Waals surface area contributed by atoms with E-state index < -0.39 is 5.97 Å². The third kappa shape index (κ3) is 2.07. The maximum absolute atomic E-state index is 11.0. The van der Waals surface area contributed by atoms with Crippen LogP contribution in [0.2, 0.25) is 0 Å². The van der Waals surface area contributed by atoms with Gasteiger partial charge in [0.15, 0.2) is 0 Å². The van der Waals surface area contributed by atoms with E-state index in [9.17, 15) is 4.79 Å². The molecule has 76 valence electrons. The van der Waals surface area contributed by atoms with E-state index >= 15 is 0 Å². The fourth-order valence-electron chi connectivity index (χ4n) is 1.29. The van der Waals surface area contributed by atoms with E-state index in [-0.39, 0.29) is 16.0 Å². The summed E-state index contributed by atoms with van der Waals surface area (Å²) in [6.45, 7) is 5.88. The summed E-state index contributed by atoms with van der Waals surface area (Å²) in [5.41, 5.74) is 0.738. The molecule has 14 heavy (non-hydrogen) atoms. The number of aromatic carboxylic acids is 1. The van der Waals surface area contributed by atoms with E-state index in [0.29, 0.717) is 0 Å². The lowest BCUT2D eigenvalue weighted by Crippen LogP contribution is -2.18. The quantitative estimate of drug-likeness (QED) is 0.701. The third-order valence-electron chi connectivity index (χ3n) is 1.95. The highest BCUT2D eigenvalue weighted by Gasteiger charge is 2.23. The normalized spacial score (nSPS) is 11.4. The van der Waals surface area contributed by atoms with Gasteiger partial charge in [-0.15, -0.1) is 12.6 Å². The first-order valence-electron chi connectivity index (χ1n) is 4.26. The van der Waals surface area contributed by atoms with Gasteiger partial charge in [-0.2, -0.15) is 0 Å². The maximum atomic E-state index is 11.0. The fourth-order valence-corrected chi connectivity index (χ4v) is 1.57. The van der Waals surface area contributed by atoms with Gasteiger partial charge in [0.1, 0.15) is 5.03 Å². The number of carboxylic acids is 1. The molecule has 1 N–H and O–H groups in total. The maximum Gasteiger partial charge on any atom is 0.338 e. The first-order chi connectivity index (χ1) is 6.34. The molecule has 0 radical (unpaired) electrons. The topological polar surface area (TPSA) is 50.2 Å². The van der Waals surface area contributed by atoms with Gasteiger partial charge in [0.05, 0.1) is 5.56 Å². The van der Waals surface area contributed by atoms with E-state index in [1.807, 2.05) is 20.8 Å². The average molecular weight is 211 g/mol. The molecule has 0 aliphatic heterocycles. The Morgan fingerprint density at radius 1 is 1.50 bits per heavy atom. The summed E-state index contributed by atoms with van der Waals surface area (Å²) in [5.74, 6) is -0.979. The minimum atomic E-state index is -0.979. The molecule has 0 aliphatic carbocycles. The largest absolute Gasteiger partial charge is 0.478 e. The zero-order chi connectivity index (χ0) is 10.9. The van der Waals surface area contributed by atoms with Crippen LogP contribution in [-0.4, -0.2) is 16.1 Å². The van der Waals surface area contributed by atoms with Gasteiger partial charge < -0.3 is 5.11 Å². The summed E-state index contributed by atoms with van der Waals surface area (Å²) in [4.78, 5) is 14.9. The smallest absolute Gasteiger partial charge is 0.338 e. The summed E-state index contributed by atoms with van der Waals surface area (Å²) < 4.78 is 0. The van der Waals surface area contributed by atoms with Crippen LogP contribution in [0.5, 0.6) is 0 Å². The summed E-state index contributed by atoms with van der Waals surface area (Å²) in [5, 5.41) is 9.29. The third-order valence-corrected chi connectivity index (χ3v) is 2.29. The molecule has 1 aromatic heterocycles. The summed E-state index contributed by atoms with van der Waals surface area (Å²) in [7, 11) is 0. The molecule has 4 heteroatoms. The zero-order valence-electron chi connectivity index (χ0n) is 8.40. The molecule has 0 spiro atoms. The second-order valence-corrected chi connectivity index (χ2v) is 4.54. The first kappa shape index (κ1) is 11.0. The van der Waals surface area contributed by atoms with Gasteiger partial charge in [-0.3, -0.25) is 0 Å². The first-order valence-corrected chi connectivity index (χ1v) is 4.70. The number of pyridine rings is 1. The van der Waals surface area contributed by atoms with E-state index in [4.69, 9.17) is 5.11 Å². The Hall–Kier alpha value is -1.03. The zero-order valence-corrected chi connectivity index (χ0v) is 9.30. The van der Waals surface area contributed by atoms with Gasteiger partial charge >= 0.3 is 5.97 Å². The molecule has 0 unspecified atom stereocenters. The molecule has 0 amide bonds. The highest BCUT2D eigenvalue weighted by molar-refractivity contribution is 7.80. The van der Waals surface area contributed by atoms with Gasteiger partial charge in [-0.1, -0.05) is 20.8 Å². The van der Waals surface area contributed by atoms with E-state index in [1.54, 1.807) is 12.3 Å². The van der Waals surface area contributed by atoms with Crippen molar-refractivity contribution in [1.82, 2.24) is 4.98 Å². The molecular formula is C10H13NO2S. The van der Waals surface area contributed by atoms with Gasteiger partial charge in [0.25, 0.3) is 0 Å². The van der Waals surface area contributed by atoms with E-state index in [2.05, 4.69) is 17.6 Å². The average Bonchev–Trinajstić information content (AvgIpc) is 2.01. The molecular weight excluding hydrogens is 198 g/mol. The van der Waals surface area contributed by atoms with Crippen LogP contribution in [0.15, 0.2) is 17.3 Å². The molecule has 0 fully saturated rings. The Balaban J connectivity index is 3.44. The Bertz CT molecular complexity index is 369. The number of rotatable bonds is 1. The van der Waals surface area contributed by atoms with E-state index in [0.717, 1.165) is 5.56 Å². The van der Waals surface area contributed by atoms with Crippen LogP contribution in [-0.2, 0) is 5.41 Å². The Morgan fingerprint density at radius 2 is 2.07 bits per heavy atom. The molecule has 1 heterocycles. The van der Waals surface area contributed by atoms with Crippen molar-refractivity contribution in [2.45, 2.75) is 31.2 Å². The summed E-state index contributed by atoms with van der Waals surface area (Å²) in [6.07, 6.45) is 1.58. The second-order valence-electron chi connectivity index (χ2n) is 4.11. The molecule has 0 saturated heterocycles. The van der Waals surface area contributed by atoms with Crippen LogP contribution in [0.4, 0.5) is 0 Å². The number of nitrogens with zero attached hydrogens (tertiary/aromatic N) is 1. The minimum Gasteiger partial charge on any atom is -0.478 e. The summed E-state index contributed by atoms with van der Waals surface area (Å²) >= 11 is 4.05. The highest BCUT2D eigenvalue weighted by Crippen LogP contribution is 2.28. The van der Waals surface area contributed by atoms with Crippen LogP contribution >= 0.6 is 12.6 Å². The van der Waals surface area contributed by atoms with Crippen LogP contribution in [0.1, 0.15) is 36.7 Å². The van der Waals surface area contributed by atoms with E-state index in [1.165, 1.54) is 0 Å². The number of carboxylic acid groups (broad SMARTS) is 1. The van der Waals surface area contributed by atoms with Crippen molar-refractivity contribution >= 4 is 18.6 Å². The number of aromatic nitrogens is 1. The fraction of sp³-hybridized carbons (Fsp3) is 0.400. The van der Waals surface area contributed by atoms with Crippen molar-refractivity contribution in [3.05, 3.63) is 23.4 Å². The lowest BCUT2D eigenvalue weighted by Gasteiger charge is -2.21. The second kappa shape index (κ2) is 3.61. The molecule has 0 bridgehead atoms. The molecule has 0 aromatic carbocycles. The minimum absolute atomic E-state index is 0.198. The van der Waals surface area contributed by atoms with Gasteiger partial charge in [0, 0.05) is 6.20 Å². The van der Waals surface area contributed by atoms with Crippen molar-refractivity contribution < 1.29 is 9.90 Å². The number of carbonyl (C=O) groups is 1. The van der Waals surface area contributed by atoms with Crippen molar-refractivity contribution in [2.75, 3.05) is 0 Å². The predicted octanol–water partition coefficient (Wildman–Crippen LogP) is 2.37. The molecule has 0 atom stereocenters.